The Morgan fingerprint density at radius 2 is 1.94 bits per heavy atom. The number of halogens is 3. The maximum atomic E-state index is 13.6. The van der Waals surface area contributed by atoms with Crippen LogP contribution in [-0.4, -0.2) is 49.4 Å². The van der Waals surface area contributed by atoms with E-state index in [0.29, 0.717) is 29.4 Å². The van der Waals surface area contributed by atoms with Gasteiger partial charge >= 0.3 is 6.18 Å². The molecule has 1 saturated carbocycles. The van der Waals surface area contributed by atoms with Crippen LogP contribution in [0.25, 0.3) is 11.4 Å². The molecular weight excluding hydrogens is 433 g/mol. The van der Waals surface area contributed by atoms with Crippen LogP contribution in [0.2, 0.25) is 0 Å². The number of aryl methyl sites for hydroxylation is 1. The summed E-state index contributed by atoms with van der Waals surface area (Å²) in [4.78, 5) is 31.6. The predicted octanol–water partition coefficient (Wildman–Crippen LogP) is 3.98. The fourth-order valence-electron chi connectivity index (χ4n) is 4.75. The summed E-state index contributed by atoms with van der Waals surface area (Å²) in [5.74, 6) is 0.457. The number of piperidine rings is 1. The molecule has 3 aromatic heterocycles. The SMILES string of the molecule is Cc1cnc(-c2ccccn2)c(C(=O)N2C[C@@H]3C[C@@H](Nc4cnc(C(F)(F)F)cn4)[C@@H]2C3)c1. The Bertz CT molecular complexity index is 1170. The zero-order chi connectivity index (χ0) is 23.2. The second-order valence-electron chi connectivity index (χ2n) is 8.52. The maximum absolute atomic E-state index is 13.6. The van der Waals surface area contributed by atoms with Crippen molar-refractivity contribution in [3.05, 3.63) is 65.9 Å². The van der Waals surface area contributed by atoms with E-state index in [0.717, 1.165) is 30.8 Å². The molecule has 3 atom stereocenters. The van der Waals surface area contributed by atoms with Gasteiger partial charge in [-0.1, -0.05) is 6.07 Å². The van der Waals surface area contributed by atoms with Gasteiger partial charge < -0.3 is 10.2 Å². The van der Waals surface area contributed by atoms with Crippen molar-refractivity contribution < 1.29 is 18.0 Å². The van der Waals surface area contributed by atoms with Gasteiger partial charge in [0.25, 0.3) is 5.91 Å². The van der Waals surface area contributed by atoms with Gasteiger partial charge in [-0.2, -0.15) is 13.2 Å². The van der Waals surface area contributed by atoms with Gasteiger partial charge in [-0.15, -0.1) is 0 Å². The highest BCUT2D eigenvalue weighted by molar-refractivity contribution is 6.00. The fourth-order valence-corrected chi connectivity index (χ4v) is 4.75. The van der Waals surface area contributed by atoms with Crippen molar-refractivity contribution in [3.63, 3.8) is 0 Å². The van der Waals surface area contributed by atoms with Crippen LogP contribution < -0.4 is 5.32 Å². The highest BCUT2D eigenvalue weighted by Gasteiger charge is 2.47. The Hall–Kier alpha value is -3.56. The summed E-state index contributed by atoms with van der Waals surface area (Å²) in [5, 5.41) is 3.18. The van der Waals surface area contributed by atoms with Crippen LogP contribution in [-0.2, 0) is 6.18 Å². The van der Waals surface area contributed by atoms with Gasteiger partial charge in [-0.05, 0) is 49.4 Å². The summed E-state index contributed by atoms with van der Waals surface area (Å²) in [5.41, 5.74) is 1.49. The lowest BCUT2D eigenvalue weighted by molar-refractivity contribution is -0.141. The fraction of sp³-hybridized carbons (Fsp3) is 0.348. The topological polar surface area (TPSA) is 83.9 Å². The van der Waals surface area contributed by atoms with Crippen molar-refractivity contribution in [2.75, 3.05) is 11.9 Å². The number of nitrogens with one attached hydrogen (secondary N) is 1. The number of aromatic nitrogens is 4. The first kappa shape index (κ1) is 21.3. The molecule has 1 aliphatic carbocycles. The van der Waals surface area contributed by atoms with Crippen LogP contribution in [0.15, 0.2) is 49.1 Å². The van der Waals surface area contributed by atoms with E-state index in [1.165, 1.54) is 0 Å². The molecule has 5 rings (SSSR count). The second-order valence-corrected chi connectivity index (χ2v) is 8.52. The predicted molar refractivity (Wildman–Crippen MR) is 114 cm³/mol. The molecule has 4 heterocycles. The summed E-state index contributed by atoms with van der Waals surface area (Å²) < 4.78 is 38.3. The Balaban J connectivity index is 1.37. The maximum Gasteiger partial charge on any atom is 0.434 e. The number of likely N-dealkylation sites (tertiary alicyclic amines) is 1. The van der Waals surface area contributed by atoms with E-state index in [1.807, 2.05) is 30.0 Å². The van der Waals surface area contributed by atoms with Crippen molar-refractivity contribution in [1.82, 2.24) is 24.8 Å². The molecule has 1 saturated heterocycles. The minimum Gasteiger partial charge on any atom is -0.364 e. The van der Waals surface area contributed by atoms with Crippen molar-refractivity contribution >= 4 is 11.7 Å². The molecule has 2 bridgehead atoms. The van der Waals surface area contributed by atoms with Gasteiger partial charge in [-0.25, -0.2) is 9.97 Å². The van der Waals surface area contributed by atoms with Crippen LogP contribution in [0.4, 0.5) is 19.0 Å². The minimum atomic E-state index is -4.53. The zero-order valence-electron chi connectivity index (χ0n) is 17.8. The Morgan fingerprint density at radius 3 is 2.61 bits per heavy atom. The van der Waals surface area contributed by atoms with Crippen LogP contribution in [0.3, 0.4) is 0 Å². The molecule has 7 nitrogen and oxygen atoms in total. The number of carbonyl (C=O) groups excluding carboxylic acids is 1. The van der Waals surface area contributed by atoms with E-state index in [2.05, 4.69) is 25.3 Å². The lowest BCUT2D eigenvalue weighted by atomic mass is 10.0. The van der Waals surface area contributed by atoms with E-state index in [1.54, 1.807) is 18.5 Å². The first-order valence-electron chi connectivity index (χ1n) is 10.6. The molecular formula is C23H21F3N6O. The van der Waals surface area contributed by atoms with Gasteiger partial charge in [0, 0.05) is 25.0 Å². The Kier molecular flexibility index (Phi) is 5.22. The van der Waals surface area contributed by atoms with E-state index in [4.69, 9.17) is 0 Å². The number of hydrogen-bond acceptors (Lipinski definition) is 6. The molecule has 1 aliphatic heterocycles. The molecule has 1 N–H and O–H groups in total. The number of nitrogens with zero attached hydrogens (tertiary/aromatic N) is 5. The lowest BCUT2D eigenvalue weighted by Crippen LogP contribution is -2.48. The van der Waals surface area contributed by atoms with Crippen LogP contribution >= 0.6 is 0 Å². The van der Waals surface area contributed by atoms with Gasteiger partial charge in [0.15, 0.2) is 5.69 Å². The quantitative estimate of drug-likeness (QED) is 0.642. The van der Waals surface area contributed by atoms with Crippen molar-refractivity contribution in [2.24, 2.45) is 5.92 Å². The average molecular weight is 454 g/mol. The lowest BCUT2D eigenvalue weighted by Gasteiger charge is -2.34. The number of amides is 1. The molecule has 0 aromatic carbocycles. The highest BCUT2D eigenvalue weighted by Crippen LogP contribution is 2.40. The molecule has 170 valence electrons. The number of hydrogen-bond donors (Lipinski definition) is 1. The van der Waals surface area contributed by atoms with Gasteiger partial charge in [0.05, 0.1) is 29.7 Å². The summed E-state index contributed by atoms with van der Waals surface area (Å²) in [6.07, 6.45) is 2.29. The number of carbonyl (C=O) groups is 1. The van der Waals surface area contributed by atoms with E-state index >= 15 is 0 Å². The molecule has 33 heavy (non-hydrogen) atoms. The van der Waals surface area contributed by atoms with Gasteiger partial charge in [0.1, 0.15) is 11.5 Å². The van der Waals surface area contributed by atoms with Crippen molar-refractivity contribution in [2.45, 2.75) is 38.0 Å². The Morgan fingerprint density at radius 1 is 1.09 bits per heavy atom. The van der Waals surface area contributed by atoms with E-state index < -0.39 is 11.9 Å². The van der Waals surface area contributed by atoms with Crippen LogP contribution in [0, 0.1) is 12.8 Å². The third-order valence-electron chi connectivity index (χ3n) is 6.18. The number of rotatable bonds is 4. The average Bonchev–Trinajstić information content (AvgIpc) is 3.39. The van der Waals surface area contributed by atoms with Crippen LogP contribution in [0.1, 0.15) is 34.5 Å². The number of anilines is 1. The number of fused-ring (bicyclic) bond motifs is 2. The third-order valence-corrected chi connectivity index (χ3v) is 6.18. The summed E-state index contributed by atoms with van der Waals surface area (Å²) in [7, 11) is 0. The smallest absolute Gasteiger partial charge is 0.364 e. The minimum absolute atomic E-state index is 0.0938. The van der Waals surface area contributed by atoms with Gasteiger partial charge in [-0.3, -0.25) is 14.8 Å². The van der Waals surface area contributed by atoms with Crippen molar-refractivity contribution in [3.8, 4) is 11.4 Å². The summed E-state index contributed by atoms with van der Waals surface area (Å²) in [6.45, 7) is 2.52. The van der Waals surface area contributed by atoms with Gasteiger partial charge in [0.2, 0.25) is 0 Å². The molecule has 0 unspecified atom stereocenters. The van der Waals surface area contributed by atoms with Crippen molar-refractivity contribution in [1.29, 1.82) is 0 Å². The van der Waals surface area contributed by atoms with Crippen LogP contribution in [0.5, 0.6) is 0 Å². The summed E-state index contributed by atoms with van der Waals surface area (Å²) in [6, 6.07) is 7.09. The number of alkyl halides is 3. The zero-order valence-corrected chi connectivity index (χ0v) is 17.8. The molecule has 2 aliphatic rings. The molecule has 2 fully saturated rings. The second kappa shape index (κ2) is 8.09. The van der Waals surface area contributed by atoms with E-state index in [9.17, 15) is 18.0 Å². The monoisotopic (exact) mass is 454 g/mol. The molecule has 0 spiro atoms. The molecule has 1 amide bonds. The normalized spacial score (nSPS) is 21.9. The summed E-state index contributed by atoms with van der Waals surface area (Å²) >= 11 is 0. The Labute approximate surface area is 188 Å². The highest BCUT2D eigenvalue weighted by atomic mass is 19.4. The molecule has 3 aromatic rings. The molecule has 10 heteroatoms. The first-order chi connectivity index (χ1) is 15.8. The standard InChI is InChI=1S/C23H21F3N6O/c1-13-6-15(21(30-9-13)16-4-2-3-5-27-16)22(33)32-12-14-7-17(18(32)8-14)31-20-11-28-19(10-29-20)23(24,25)26/h2-6,9-11,14,17-18H,7-8,12H2,1H3,(H,29,31)/t14-,17-,18+/m1/s1. The first-order valence-corrected chi connectivity index (χ1v) is 10.6. The third kappa shape index (κ3) is 4.12. The molecule has 0 radical (unpaired) electrons. The van der Waals surface area contributed by atoms with E-state index in [-0.39, 0.29) is 23.8 Å². The number of pyridine rings is 2. The largest absolute Gasteiger partial charge is 0.434 e.